The maximum absolute atomic E-state index is 14.9. The van der Waals surface area contributed by atoms with Gasteiger partial charge < -0.3 is 19.8 Å². The Balaban J connectivity index is 1.67. The van der Waals surface area contributed by atoms with Crippen molar-refractivity contribution < 1.29 is 23.0 Å². The highest BCUT2D eigenvalue weighted by Gasteiger charge is 2.20. The van der Waals surface area contributed by atoms with Crippen molar-refractivity contribution in [1.29, 1.82) is 5.26 Å². The number of nitrogens with one attached hydrogen (secondary N) is 2. The smallest absolute Gasteiger partial charge is 0.337 e. The van der Waals surface area contributed by atoms with Gasteiger partial charge in [0.25, 0.3) is 0 Å². The molecule has 0 aliphatic carbocycles. The van der Waals surface area contributed by atoms with E-state index in [-0.39, 0.29) is 28.2 Å². The minimum atomic E-state index is -0.791. The summed E-state index contributed by atoms with van der Waals surface area (Å²) >= 11 is 0. The van der Waals surface area contributed by atoms with Crippen molar-refractivity contribution in [3.8, 4) is 17.7 Å². The molecule has 32 heavy (non-hydrogen) atoms. The molecule has 0 aliphatic rings. The molecule has 0 atom stereocenters. The molecule has 0 amide bonds. The van der Waals surface area contributed by atoms with E-state index in [0.29, 0.717) is 16.9 Å². The van der Waals surface area contributed by atoms with Gasteiger partial charge in [-0.2, -0.15) is 5.26 Å². The van der Waals surface area contributed by atoms with E-state index in [9.17, 15) is 18.8 Å². The number of carbonyl (C=O) groups is 1. The van der Waals surface area contributed by atoms with Gasteiger partial charge in [0, 0.05) is 22.8 Å². The van der Waals surface area contributed by atoms with Crippen LogP contribution in [0.3, 0.4) is 0 Å². The summed E-state index contributed by atoms with van der Waals surface area (Å²) in [4.78, 5) is 22.2. The zero-order valence-corrected chi connectivity index (χ0v) is 16.9. The van der Waals surface area contributed by atoms with Gasteiger partial charge in [0.15, 0.2) is 28.8 Å². The van der Waals surface area contributed by atoms with Crippen LogP contribution >= 0.6 is 0 Å². The molecule has 8 nitrogen and oxygen atoms in total. The molecule has 160 valence electrons. The van der Waals surface area contributed by atoms with E-state index in [2.05, 4.69) is 25.0 Å². The second kappa shape index (κ2) is 8.31. The number of rotatable bonds is 5. The number of esters is 1. The predicted molar refractivity (Wildman–Crippen MR) is 111 cm³/mol. The van der Waals surface area contributed by atoms with Gasteiger partial charge in [0.05, 0.1) is 18.2 Å². The maximum Gasteiger partial charge on any atom is 0.337 e. The van der Waals surface area contributed by atoms with Crippen LogP contribution in [-0.4, -0.2) is 28.0 Å². The molecule has 4 rings (SSSR count). The fourth-order valence-corrected chi connectivity index (χ4v) is 3.10. The summed E-state index contributed by atoms with van der Waals surface area (Å²) in [6, 6.07) is 10.5. The zero-order valence-electron chi connectivity index (χ0n) is 16.9. The number of carbonyl (C=O) groups excluding carboxylic acids is 1. The van der Waals surface area contributed by atoms with Crippen molar-refractivity contribution in [2.75, 3.05) is 12.4 Å². The zero-order chi connectivity index (χ0) is 22.8. The van der Waals surface area contributed by atoms with E-state index >= 15 is 0 Å². The molecule has 2 heterocycles. The average molecular weight is 435 g/mol. The van der Waals surface area contributed by atoms with Gasteiger partial charge >= 0.3 is 5.97 Å². The summed E-state index contributed by atoms with van der Waals surface area (Å²) in [5, 5.41) is 12.6. The number of hydrogen-bond acceptors (Lipinski definition) is 7. The molecular weight excluding hydrogens is 420 g/mol. The van der Waals surface area contributed by atoms with Crippen LogP contribution in [-0.2, 0) is 4.74 Å². The molecule has 0 aliphatic heterocycles. The minimum Gasteiger partial charge on any atom is -0.465 e. The predicted octanol–water partition coefficient (Wildman–Crippen LogP) is 4.74. The molecule has 2 aromatic carbocycles. The van der Waals surface area contributed by atoms with Crippen molar-refractivity contribution in [2.24, 2.45) is 0 Å². The van der Waals surface area contributed by atoms with Gasteiger partial charge in [-0.05, 0) is 37.3 Å². The van der Waals surface area contributed by atoms with E-state index < -0.39 is 23.4 Å². The summed E-state index contributed by atoms with van der Waals surface area (Å²) in [6.45, 7) is 1.67. The molecule has 0 radical (unpaired) electrons. The largest absolute Gasteiger partial charge is 0.465 e. The summed E-state index contributed by atoms with van der Waals surface area (Å²) in [5.41, 5.74) is 1.35. The fraction of sp³-hybridized carbons (Fsp3) is 0.0909. The number of aryl methyl sites for hydroxylation is 1. The maximum atomic E-state index is 14.9. The van der Waals surface area contributed by atoms with Crippen LogP contribution in [0.1, 0.15) is 21.6 Å². The number of aromatic amines is 1. The SMILES string of the molecule is COC(=O)c1ccc(Nc2ncnc(Oc3cc(F)c4[nH]c(C)cc4c3F)c2C#N)cc1. The highest BCUT2D eigenvalue weighted by molar-refractivity contribution is 5.89. The van der Waals surface area contributed by atoms with Crippen molar-refractivity contribution in [3.05, 3.63) is 71.2 Å². The topological polar surface area (TPSA) is 113 Å². The summed E-state index contributed by atoms with van der Waals surface area (Å²) in [5.74, 6) is -2.57. The fourth-order valence-electron chi connectivity index (χ4n) is 3.10. The van der Waals surface area contributed by atoms with E-state index in [0.717, 1.165) is 12.4 Å². The Morgan fingerprint density at radius 2 is 1.94 bits per heavy atom. The summed E-state index contributed by atoms with van der Waals surface area (Å²) in [6.07, 6.45) is 1.12. The Labute approximate surface area is 180 Å². The minimum absolute atomic E-state index is 0.0216. The summed E-state index contributed by atoms with van der Waals surface area (Å²) < 4.78 is 39.4. The van der Waals surface area contributed by atoms with Crippen molar-refractivity contribution >= 4 is 28.4 Å². The Morgan fingerprint density at radius 1 is 1.19 bits per heavy atom. The quantitative estimate of drug-likeness (QED) is 0.435. The number of anilines is 2. The molecule has 2 N–H and O–H groups in total. The number of fused-ring (bicyclic) bond motifs is 1. The van der Waals surface area contributed by atoms with Crippen molar-refractivity contribution in [2.45, 2.75) is 6.92 Å². The van der Waals surface area contributed by atoms with Gasteiger partial charge in [0.1, 0.15) is 12.4 Å². The second-order valence-corrected chi connectivity index (χ2v) is 6.72. The van der Waals surface area contributed by atoms with Gasteiger partial charge in [-0.15, -0.1) is 0 Å². The van der Waals surface area contributed by atoms with Gasteiger partial charge in [0.2, 0.25) is 5.88 Å². The molecule has 0 unspecified atom stereocenters. The Morgan fingerprint density at radius 3 is 2.62 bits per heavy atom. The lowest BCUT2D eigenvalue weighted by Gasteiger charge is -2.12. The van der Waals surface area contributed by atoms with Crippen LogP contribution in [0.25, 0.3) is 10.9 Å². The van der Waals surface area contributed by atoms with E-state index in [4.69, 9.17) is 4.74 Å². The van der Waals surface area contributed by atoms with Crippen LogP contribution in [0.2, 0.25) is 0 Å². The van der Waals surface area contributed by atoms with Gasteiger partial charge in [-0.1, -0.05) is 0 Å². The standard InChI is InChI=1S/C22H15F2N5O3/c1-11-7-14-18(24)17(8-16(23)19(14)28-11)32-21-15(9-25)20(26-10-27-21)29-13-5-3-12(4-6-13)22(30)31-2/h3-8,10,28H,1-2H3,(H,26,27,29). The number of H-pyrrole nitrogens is 1. The first-order chi connectivity index (χ1) is 15.4. The number of benzene rings is 2. The number of nitrogens with zero attached hydrogens (tertiary/aromatic N) is 3. The van der Waals surface area contributed by atoms with E-state index in [1.807, 2.05) is 6.07 Å². The third kappa shape index (κ3) is 3.79. The number of nitriles is 1. The molecular formula is C22H15F2N5O3. The first kappa shape index (κ1) is 20.7. The number of hydrogen-bond donors (Lipinski definition) is 2. The van der Waals surface area contributed by atoms with E-state index in [1.54, 1.807) is 19.1 Å². The normalized spacial score (nSPS) is 10.6. The summed E-state index contributed by atoms with van der Waals surface area (Å²) in [7, 11) is 1.28. The molecule has 0 saturated carbocycles. The number of aromatic nitrogens is 3. The lowest BCUT2D eigenvalue weighted by Crippen LogP contribution is -2.03. The lowest BCUT2D eigenvalue weighted by atomic mass is 10.2. The molecule has 0 saturated heterocycles. The van der Waals surface area contributed by atoms with Crippen LogP contribution in [0, 0.1) is 29.9 Å². The van der Waals surface area contributed by atoms with Gasteiger partial charge in [-0.3, -0.25) is 0 Å². The second-order valence-electron chi connectivity index (χ2n) is 6.72. The Bertz CT molecular complexity index is 1380. The van der Waals surface area contributed by atoms with Crippen LogP contribution in [0.15, 0.2) is 42.7 Å². The Hall–Kier alpha value is -4.52. The molecule has 0 spiro atoms. The molecule has 10 heteroatoms. The molecule has 4 aromatic rings. The number of methoxy groups -OCH3 is 1. The lowest BCUT2D eigenvalue weighted by molar-refractivity contribution is 0.0600. The highest BCUT2D eigenvalue weighted by Crippen LogP contribution is 2.34. The Kier molecular flexibility index (Phi) is 5.39. The highest BCUT2D eigenvalue weighted by atomic mass is 19.1. The number of halogens is 2. The first-order valence-corrected chi connectivity index (χ1v) is 9.27. The third-order valence-electron chi connectivity index (χ3n) is 4.60. The van der Waals surface area contributed by atoms with Crippen LogP contribution in [0.5, 0.6) is 11.6 Å². The van der Waals surface area contributed by atoms with Crippen molar-refractivity contribution in [3.63, 3.8) is 0 Å². The van der Waals surface area contributed by atoms with Crippen molar-refractivity contribution in [1.82, 2.24) is 15.0 Å². The van der Waals surface area contributed by atoms with Gasteiger partial charge in [-0.25, -0.2) is 23.5 Å². The molecule has 2 aromatic heterocycles. The molecule has 0 fully saturated rings. The van der Waals surface area contributed by atoms with Crippen LogP contribution in [0.4, 0.5) is 20.3 Å². The van der Waals surface area contributed by atoms with Crippen LogP contribution < -0.4 is 10.1 Å². The van der Waals surface area contributed by atoms with E-state index in [1.165, 1.54) is 25.3 Å². The number of ether oxygens (including phenoxy) is 2. The third-order valence-corrected chi connectivity index (χ3v) is 4.60. The molecule has 0 bridgehead atoms. The average Bonchev–Trinajstić information content (AvgIpc) is 3.20. The monoisotopic (exact) mass is 435 g/mol. The first-order valence-electron chi connectivity index (χ1n) is 9.27.